The maximum absolute atomic E-state index is 9.31. The predicted octanol–water partition coefficient (Wildman–Crippen LogP) is 4.36. The van der Waals surface area contributed by atoms with E-state index in [2.05, 4.69) is 17.2 Å². The highest BCUT2D eigenvalue weighted by Crippen LogP contribution is 2.20. The Hall–Kier alpha value is -1.62. The van der Waals surface area contributed by atoms with Crippen molar-refractivity contribution >= 4 is 0 Å². The fourth-order valence-electron chi connectivity index (χ4n) is 1.79. The smallest absolute Gasteiger partial charge is 0.136 e. The monoisotopic (exact) mass is 322 g/mol. The number of nitrogens with one attached hydrogen (secondary N) is 2. The third-order valence-corrected chi connectivity index (χ3v) is 2.86. The van der Waals surface area contributed by atoms with Gasteiger partial charge in [0.15, 0.2) is 0 Å². The van der Waals surface area contributed by atoms with Crippen molar-refractivity contribution in [3.63, 3.8) is 0 Å². The van der Waals surface area contributed by atoms with Gasteiger partial charge in [0, 0.05) is 0 Å². The summed E-state index contributed by atoms with van der Waals surface area (Å²) < 4.78 is 5.98. The third kappa shape index (κ3) is 8.55. The summed E-state index contributed by atoms with van der Waals surface area (Å²) in [6.07, 6.45) is 3.21. The molecule has 23 heavy (non-hydrogen) atoms. The van der Waals surface area contributed by atoms with Crippen LogP contribution in [0.4, 0.5) is 0 Å². The lowest BCUT2D eigenvalue weighted by molar-refractivity contribution is -0.0208. The summed E-state index contributed by atoms with van der Waals surface area (Å²) in [6.45, 7) is 13.7. The number of benzene rings is 1. The molecule has 0 amide bonds. The number of allylic oxidation sites excluding steroid dienone is 1. The van der Waals surface area contributed by atoms with Gasteiger partial charge >= 0.3 is 0 Å². The van der Waals surface area contributed by atoms with Gasteiger partial charge in [-0.15, -0.1) is 0 Å². The zero-order valence-corrected chi connectivity index (χ0v) is 15.7. The van der Waals surface area contributed by atoms with Crippen molar-refractivity contribution in [1.82, 2.24) is 10.6 Å². The molecule has 3 N–H and O–H groups in total. The van der Waals surface area contributed by atoms with E-state index in [1.807, 2.05) is 66.9 Å². The number of hydrogen-bond donors (Lipinski definition) is 3. The first kappa shape index (κ1) is 23.6. The lowest BCUT2D eigenvalue weighted by Gasteiger charge is -2.25. The van der Waals surface area contributed by atoms with Crippen LogP contribution < -0.4 is 10.6 Å². The van der Waals surface area contributed by atoms with Gasteiger partial charge in [-0.3, -0.25) is 10.6 Å². The molecular formula is C19H34N2O2. The number of ether oxygens (including phenoxy) is 1. The summed E-state index contributed by atoms with van der Waals surface area (Å²) in [5, 5.41) is 15.5. The first-order valence-corrected chi connectivity index (χ1v) is 8.23. The maximum atomic E-state index is 9.31. The molecule has 0 spiro atoms. The SMILES string of the molecule is C=C/C(=C\C)C(NC)OC(NC)c1ccc(O)cc1.CC.CC. The summed E-state index contributed by atoms with van der Waals surface area (Å²) in [5.74, 6) is 0.240. The molecule has 4 nitrogen and oxygen atoms in total. The molecule has 132 valence electrons. The van der Waals surface area contributed by atoms with E-state index in [9.17, 15) is 5.11 Å². The average Bonchev–Trinajstić information content (AvgIpc) is 2.63. The molecule has 1 rings (SSSR count). The van der Waals surface area contributed by atoms with Gasteiger partial charge in [0.1, 0.15) is 18.2 Å². The van der Waals surface area contributed by atoms with E-state index in [-0.39, 0.29) is 18.2 Å². The van der Waals surface area contributed by atoms with Crippen LogP contribution in [-0.2, 0) is 4.74 Å². The number of likely N-dealkylation sites (N-methyl/N-ethyl adjacent to an activating group) is 1. The van der Waals surface area contributed by atoms with Gasteiger partial charge in [-0.05, 0) is 44.3 Å². The van der Waals surface area contributed by atoms with Crippen LogP contribution in [0.1, 0.15) is 46.4 Å². The molecule has 0 saturated carbocycles. The Kier molecular flexibility index (Phi) is 15.7. The average molecular weight is 322 g/mol. The largest absolute Gasteiger partial charge is 0.508 e. The van der Waals surface area contributed by atoms with Crippen LogP contribution in [-0.4, -0.2) is 25.4 Å². The highest BCUT2D eigenvalue weighted by atomic mass is 16.5. The molecule has 0 radical (unpaired) electrons. The Morgan fingerprint density at radius 1 is 1.09 bits per heavy atom. The fraction of sp³-hybridized carbons (Fsp3) is 0.474. The van der Waals surface area contributed by atoms with Crippen LogP contribution in [0.3, 0.4) is 0 Å². The lowest BCUT2D eigenvalue weighted by Crippen LogP contribution is -2.35. The Labute approximate surface area is 142 Å². The molecule has 0 heterocycles. The molecule has 0 fully saturated rings. The normalized spacial score (nSPS) is 12.9. The van der Waals surface area contributed by atoms with Crippen LogP contribution in [0.2, 0.25) is 0 Å². The number of hydrogen-bond acceptors (Lipinski definition) is 4. The Morgan fingerprint density at radius 2 is 1.61 bits per heavy atom. The van der Waals surface area contributed by atoms with Crippen LogP contribution >= 0.6 is 0 Å². The summed E-state index contributed by atoms with van der Waals surface area (Å²) in [6, 6.07) is 6.93. The van der Waals surface area contributed by atoms with Crippen molar-refractivity contribution < 1.29 is 9.84 Å². The Bertz CT molecular complexity index is 428. The van der Waals surface area contributed by atoms with Crippen LogP contribution in [0.5, 0.6) is 5.75 Å². The molecule has 0 aromatic heterocycles. The minimum atomic E-state index is -0.270. The van der Waals surface area contributed by atoms with E-state index in [1.165, 1.54) is 0 Å². The van der Waals surface area contributed by atoms with Crippen LogP contribution in [0.15, 0.2) is 48.6 Å². The second-order valence-corrected chi connectivity index (χ2v) is 4.06. The standard InChI is InChI=1S/C15H22N2O2.2C2H6/c1-5-11(6-2)14(16-3)19-15(17-4)12-7-9-13(18)10-8-12;2*1-2/h5-10,14-18H,1H2,2-4H3;2*1-2H3/b11-6+;;. The number of rotatable bonds is 7. The summed E-state index contributed by atoms with van der Waals surface area (Å²) in [4.78, 5) is 0. The van der Waals surface area contributed by atoms with Gasteiger partial charge in [-0.1, -0.05) is 58.6 Å². The van der Waals surface area contributed by atoms with Crippen molar-refractivity contribution in [3.05, 3.63) is 54.1 Å². The Morgan fingerprint density at radius 3 is 1.96 bits per heavy atom. The molecule has 0 aliphatic rings. The van der Waals surface area contributed by atoms with Gasteiger partial charge < -0.3 is 9.84 Å². The zero-order valence-electron chi connectivity index (χ0n) is 15.7. The van der Waals surface area contributed by atoms with E-state index < -0.39 is 0 Å². The van der Waals surface area contributed by atoms with Crippen molar-refractivity contribution in [2.75, 3.05) is 14.1 Å². The van der Waals surface area contributed by atoms with Crippen molar-refractivity contribution in [1.29, 1.82) is 0 Å². The third-order valence-electron chi connectivity index (χ3n) is 2.86. The van der Waals surface area contributed by atoms with Crippen LogP contribution in [0, 0.1) is 0 Å². The molecule has 4 heteroatoms. The molecule has 1 aromatic rings. The number of aromatic hydroxyl groups is 1. The van der Waals surface area contributed by atoms with Crippen molar-refractivity contribution in [2.45, 2.75) is 47.1 Å². The highest BCUT2D eigenvalue weighted by molar-refractivity contribution is 5.27. The quantitative estimate of drug-likeness (QED) is 0.516. The summed E-state index contributed by atoms with van der Waals surface area (Å²) in [7, 11) is 3.66. The topological polar surface area (TPSA) is 53.5 Å². The maximum Gasteiger partial charge on any atom is 0.136 e. The second-order valence-electron chi connectivity index (χ2n) is 4.06. The molecule has 0 saturated heterocycles. The number of phenolic OH excluding ortho intramolecular Hbond substituents is 1. The van der Waals surface area contributed by atoms with E-state index in [4.69, 9.17) is 4.74 Å². The molecule has 1 aromatic carbocycles. The Balaban J connectivity index is 0. The fourth-order valence-corrected chi connectivity index (χ4v) is 1.79. The van der Waals surface area contributed by atoms with Crippen molar-refractivity contribution in [3.8, 4) is 5.75 Å². The predicted molar refractivity (Wildman–Crippen MR) is 100 cm³/mol. The summed E-state index contributed by atoms with van der Waals surface area (Å²) >= 11 is 0. The van der Waals surface area contributed by atoms with Crippen molar-refractivity contribution in [2.24, 2.45) is 0 Å². The van der Waals surface area contributed by atoms with E-state index in [1.54, 1.807) is 18.2 Å². The van der Waals surface area contributed by atoms with Gasteiger partial charge in [0.25, 0.3) is 0 Å². The molecule has 0 aliphatic heterocycles. The van der Waals surface area contributed by atoms with E-state index >= 15 is 0 Å². The van der Waals surface area contributed by atoms with E-state index in [0.717, 1.165) is 11.1 Å². The van der Waals surface area contributed by atoms with Gasteiger partial charge in [-0.2, -0.15) is 0 Å². The first-order chi connectivity index (χ1) is 11.2. The number of phenols is 1. The minimum absolute atomic E-state index is 0.240. The molecule has 2 unspecified atom stereocenters. The minimum Gasteiger partial charge on any atom is -0.508 e. The molecular weight excluding hydrogens is 288 g/mol. The highest BCUT2D eigenvalue weighted by Gasteiger charge is 2.17. The summed E-state index contributed by atoms with van der Waals surface area (Å²) in [5.41, 5.74) is 1.92. The molecule has 0 bridgehead atoms. The van der Waals surface area contributed by atoms with E-state index in [0.29, 0.717) is 0 Å². The molecule has 0 aliphatic carbocycles. The first-order valence-electron chi connectivity index (χ1n) is 8.23. The van der Waals surface area contributed by atoms with Gasteiger partial charge in [-0.25, -0.2) is 0 Å². The second kappa shape index (κ2) is 15.3. The van der Waals surface area contributed by atoms with Gasteiger partial charge in [0.05, 0.1) is 0 Å². The lowest BCUT2D eigenvalue weighted by atomic mass is 10.1. The molecule has 2 atom stereocenters. The zero-order chi connectivity index (χ0) is 18.3. The van der Waals surface area contributed by atoms with Gasteiger partial charge in [0.2, 0.25) is 0 Å². The van der Waals surface area contributed by atoms with Crippen LogP contribution in [0.25, 0.3) is 0 Å².